The predicted molar refractivity (Wildman–Crippen MR) is 59.5 cm³/mol. The number of hydrogen-bond acceptors (Lipinski definition) is 3. The van der Waals surface area contributed by atoms with Crippen LogP contribution in [0.5, 0.6) is 0 Å². The molecule has 0 saturated carbocycles. The normalized spacial score (nSPS) is 28.3. The van der Waals surface area contributed by atoms with Crippen molar-refractivity contribution in [2.45, 2.75) is 51.8 Å². The Bertz CT molecular complexity index is 235. The van der Waals surface area contributed by atoms with Crippen LogP contribution < -0.4 is 5.73 Å². The Morgan fingerprint density at radius 2 is 2.13 bits per heavy atom. The maximum Gasteiger partial charge on any atom is 0.234 e. The summed E-state index contributed by atoms with van der Waals surface area (Å²) in [6, 6.07) is -0.179. The van der Waals surface area contributed by atoms with Gasteiger partial charge in [0.05, 0.1) is 12.1 Å². The van der Waals surface area contributed by atoms with E-state index in [1.54, 1.807) is 0 Å². The molecule has 0 aromatic carbocycles. The molecule has 4 nitrogen and oxygen atoms in total. The van der Waals surface area contributed by atoms with E-state index in [0.717, 1.165) is 13.0 Å². The highest BCUT2D eigenvalue weighted by Crippen LogP contribution is 2.27. The van der Waals surface area contributed by atoms with E-state index in [1.165, 1.54) is 0 Å². The van der Waals surface area contributed by atoms with Crippen molar-refractivity contribution >= 4 is 5.91 Å². The topological polar surface area (TPSA) is 55.6 Å². The molecule has 1 saturated heterocycles. The predicted octanol–water partition coefficient (Wildman–Crippen LogP) is 0.750. The molecule has 4 heteroatoms. The van der Waals surface area contributed by atoms with Gasteiger partial charge in [-0.2, -0.15) is 0 Å². The summed E-state index contributed by atoms with van der Waals surface area (Å²) in [5.41, 5.74) is 5.37. The number of hydrogen-bond donors (Lipinski definition) is 1. The second-order valence-electron chi connectivity index (χ2n) is 5.05. The largest absolute Gasteiger partial charge is 0.377 e. The molecule has 0 aliphatic carbocycles. The third-order valence-electron chi connectivity index (χ3n) is 2.86. The van der Waals surface area contributed by atoms with Gasteiger partial charge in [0, 0.05) is 18.7 Å². The van der Waals surface area contributed by atoms with Crippen molar-refractivity contribution in [3.63, 3.8) is 0 Å². The lowest BCUT2D eigenvalue weighted by molar-refractivity contribution is -0.123. The first-order valence-electron chi connectivity index (χ1n) is 5.54. The van der Waals surface area contributed by atoms with E-state index < -0.39 is 0 Å². The van der Waals surface area contributed by atoms with Crippen LogP contribution in [0.1, 0.15) is 34.1 Å². The first-order valence-corrected chi connectivity index (χ1v) is 5.54. The van der Waals surface area contributed by atoms with Gasteiger partial charge in [0.1, 0.15) is 0 Å². The summed E-state index contributed by atoms with van der Waals surface area (Å²) in [4.78, 5) is 13.5. The van der Waals surface area contributed by atoms with Crippen LogP contribution in [-0.2, 0) is 9.53 Å². The number of carbonyl (C=O) groups is 1. The highest BCUT2D eigenvalue weighted by Gasteiger charge is 2.41. The Morgan fingerprint density at radius 1 is 1.53 bits per heavy atom. The fourth-order valence-corrected chi connectivity index (χ4v) is 2.16. The van der Waals surface area contributed by atoms with E-state index in [-0.39, 0.29) is 23.6 Å². The number of nitrogens with zero attached hydrogens (tertiary/aromatic N) is 1. The zero-order valence-electron chi connectivity index (χ0n) is 10.1. The number of rotatable bonds is 3. The zero-order chi connectivity index (χ0) is 11.6. The van der Waals surface area contributed by atoms with Gasteiger partial charge in [0.2, 0.25) is 5.91 Å². The molecular weight excluding hydrogens is 192 g/mol. The van der Waals surface area contributed by atoms with E-state index in [1.807, 2.05) is 6.92 Å². The van der Waals surface area contributed by atoms with Gasteiger partial charge >= 0.3 is 0 Å². The highest BCUT2D eigenvalue weighted by molar-refractivity contribution is 5.80. The minimum Gasteiger partial charge on any atom is -0.377 e. The average Bonchev–Trinajstić information content (AvgIpc) is 2.48. The lowest BCUT2D eigenvalue weighted by Gasteiger charge is -2.35. The molecule has 2 N–H and O–H groups in total. The molecule has 1 rings (SSSR count). The van der Waals surface area contributed by atoms with E-state index in [0.29, 0.717) is 6.61 Å². The van der Waals surface area contributed by atoms with E-state index >= 15 is 0 Å². The molecule has 0 radical (unpaired) electrons. The molecule has 1 heterocycles. The molecular formula is C11H22N2O2. The molecule has 0 unspecified atom stereocenters. The molecule has 2 atom stereocenters. The molecule has 0 aromatic heterocycles. The maximum atomic E-state index is 11.3. The molecule has 1 amide bonds. The summed E-state index contributed by atoms with van der Waals surface area (Å²) in [6.07, 6.45) is 0.868. The maximum absolute atomic E-state index is 11.3. The third-order valence-corrected chi connectivity index (χ3v) is 2.86. The molecule has 1 aliphatic rings. The molecule has 1 aliphatic heterocycles. The molecule has 1 fully saturated rings. The quantitative estimate of drug-likeness (QED) is 0.754. The fraction of sp³-hybridized carbons (Fsp3) is 0.909. The van der Waals surface area contributed by atoms with Crippen LogP contribution in [0.4, 0.5) is 0 Å². The Balaban J connectivity index is 2.72. The summed E-state index contributed by atoms with van der Waals surface area (Å²) in [5, 5.41) is 0. The molecule has 0 spiro atoms. The van der Waals surface area contributed by atoms with Crippen molar-refractivity contribution in [2.24, 2.45) is 5.73 Å². The smallest absolute Gasteiger partial charge is 0.234 e. The van der Waals surface area contributed by atoms with Crippen LogP contribution in [0.3, 0.4) is 0 Å². The fourth-order valence-electron chi connectivity index (χ4n) is 2.16. The van der Waals surface area contributed by atoms with E-state index in [2.05, 4.69) is 25.7 Å². The molecule has 88 valence electrons. The van der Waals surface area contributed by atoms with Crippen molar-refractivity contribution in [3.8, 4) is 0 Å². The average molecular weight is 214 g/mol. The number of primary amides is 1. The summed E-state index contributed by atoms with van der Waals surface area (Å²) in [5.74, 6) is -0.243. The van der Waals surface area contributed by atoms with Crippen molar-refractivity contribution in [2.75, 3.05) is 13.2 Å². The molecule has 0 aromatic rings. The Labute approximate surface area is 91.8 Å². The van der Waals surface area contributed by atoms with Crippen molar-refractivity contribution in [3.05, 3.63) is 0 Å². The van der Waals surface area contributed by atoms with E-state index in [9.17, 15) is 4.79 Å². The van der Waals surface area contributed by atoms with Gasteiger partial charge in [-0.15, -0.1) is 0 Å². The van der Waals surface area contributed by atoms with Gasteiger partial charge in [-0.3, -0.25) is 9.69 Å². The number of nitrogens with two attached hydrogens (primary N) is 1. The van der Waals surface area contributed by atoms with Crippen molar-refractivity contribution in [1.29, 1.82) is 0 Å². The second-order valence-corrected chi connectivity index (χ2v) is 5.05. The van der Waals surface area contributed by atoms with Crippen LogP contribution in [0.25, 0.3) is 0 Å². The number of carbonyl (C=O) groups excluding carboxylic acids is 1. The van der Waals surface area contributed by atoms with Gasteiger partial charge in [0.15, 0.2) is 0 Å². The third kappa shape index (κ3) is 2.92. The number of ether oxygens (including phenoxy) is 1. The molecule has 0 bridgehead atoms. The molecule has 15 heavy (non-hydrogen) atoms. The standard InChI is InChI=1S/C11H22N2O2/c1-5-15-8-6-9(10(12)14)13(7-8)11(2,3)4/h8-9H,5-7H2,1-4H3,(H2,12,14)/t8-,9+/m1/s1. The Morgan fingerprint density at radius 3 is 2.47 bits per heavy atom. The SMILES string of the molecule is CCO[C@@H]1C[C@@H](C(N)=O)N(C(C)(C)C)C1. The van der Waals surface area contributed by atoms with E-state index in [4.69, 9.17) is 10.5 Å². The lowest BCUT2D eigenvalue weighted by Crippen LogP contribution is -2.50. The summed E-state index contributed by atoms with van der Waals surface area (Å²) >= 11 is 0. The van der Waals surface area contributed by atoms with Crippen molar-refractivity contribution in [1.82, 2.24) is 4.90 Å². The summed E-state index contributed by atoms with van der Waals surface area (Å²) in [7, 11) is 0. The van der Waals surface area contributed by atoms with Gasteiger partial charge < -0.3 is 10.5 Å². The highest BCUT2D eigenvalue weighted by atomic mass is 16.5. The first-order chi connectivity index (χ1) is 6.86. The van der Waals surface area contributed by atoms with Crippen molar-refractivity contribution < 1.29 is 9.53 Å². The van der Waals surface area contributed by atoms with Crippen LogP contribution >= 0.6 is 0 Å². The minimum atomic E-state index is -0.243. The zero-order valence-corrected chi connectivity index (χ0v) is 10.1. The number of likely N-dealkylation sites (tertiary alicyclic amines) is 1. The summed E-state index contributed by atoms with van der Waals surface area (Å²) < 4.78 is 5.56. The van der Waals surface area contributed by atoms with Gasteiger partial charge in [-0.05, 0) is 34.1 Å². The Hall–Kier alpha value is -0.610. The lowest BCUT2D eigenvalue weighted by atomic mass is 10.0. The monoisotopic (exact) mass is 214 g/mol. The second kappa shape index (κ2) is 4.49. The van der Waals surface area contributed by atoms with Crippen LogP contribution in [0.2, 0.25) is 0 Å². The van der Waals surface area contributed by atoms with Gasteiger partial charge in [0.25, 0.3) is 0 Å². The number of amides is 1. The van der Waals surface area contributed by atoms with Crippen LogP contribution in [0, 0.1) is 0 Å². The van der Waals surface area contributed by atoms with Gasteiger partial charge in [-0.1, -0.05) is 0 Å². The minimum absolute atomic E-state index is 0.0362. The summed E-state index contributed by atoms with van der Waals surface area (Å²) in [6.45, 7) is 9.74. The van der Waals surface area contributed by atoms with Crippen LogP contribution in [-0.4, -0.2) is 41.6 Å². The van der Waals surface area contributed by atoms with Crippen LogP contribution in [0.15, 0.2) is 0 Å². The first kappa shape index (κ1) is 12.5. The Kier molecular flexibility index (Phi) is 3.73. The van der Waals surface area contributed by atoms with Gasteiger partial charge in [-0.25, -0.2) is 0 Å².